The van der Waals surface area contributed by atoms with Gasteiger partial charge in [0.05, 0.1) is 45.2 Å². The van der Waals surface area contributed by atoms with Gasteiger partial charge in [-0.2, -0.15) is 0 Å². The number of carbonyl (C=O) groups excluding carboxylic acids is 3. The van der Waals surface area contributed by atoms with Crippen LogP contribution in [0.3, 0.4) is 0 Å². The Morgan fingerprint density at radius 3 is 1.25 bits per heavy atom. The Bertz CT molecular complexity index is 1560. The van der Waals surface area contributed by atoms with Crippen molar-refractivity contribution in [2.24, 2.45) is 0 Å². The highest BCUT2D eigenvalue weighted by Crippen LogP contribution is 2.36. The van der Waals surface area contributed by atoms with Crippen LogP contribution < -0.4 is 16.0 Å². The van der Waals surface area contributed by atoms with Crippen LogP contribution in [0.15, 0.2) is 0 Å². The summed E-state index contributed by atoms with van der Waals surface area (Å²) in [5.74, 6) is -2.02. The molecule has 0 aromatic carbocycles. The number of nitrogens with one attached hydrogen (secondary N) is 3. The lowest BCUT2D eigenvalue weighted by atomic mass is 9.92. The summed E-state index contributed by atoms with van der Waals surface area (Å²) in [4.78, 5) is 36.4. The van der Waals surface area contributed by atoms with Crippen LogP contribution in [0.25, 0.3) is 0 Å². The fourth-order valence-corrected chi connectivity index (χ4v) is 8.47. The van der Waals surface area contributed by atoms with E-state index in [1.54, 1.807) is 0 Å². The molecule has 5 heterocycles. The smallest absolute Gasteiger partial charge is 0.217 e. The first-order valence-corrected chi connectivity index (χ1v) is 20.9. The van der Waals surface area contributed by atoms with Crippen molar-refractivity contribution in [1.29, 1.82) is 0 Å². The highest BCUT2D eigenvalue weighted by Gasteiger charge is 2.57. The Morgan fingerprint density at radius 2 is 0.738 bits per heavy atom. The van der Waals surface area contributed by atoms with Crippen LogP contribution in [0.2, 0.25) is 0 Å². The number of carbonyl (C=O) groups is 3. The van der Waals surface area contributed by atoms with Crippen molar-refractivity contribution < 1.29 is 123 Å². The molecule has 5 rings (SSSR count). The number of aliphatic hydroxyl groups excluding tert-OH is 13. The highest BCUT2D eigenvalue weighted by atomic mass is 16.8. The first-order chi connectivity index (χ1) is 30.7. The Hall–Kier alpha value is -2.47. The van der Waals surface area contributed by atoms with E-state index in [9.17, 15) is 80.8 Å². The molecule has 0 spiro atoms. The summed E-state index contributed by atoms with van der Waals surface area (Å²) in [5, 5.41) is 147. The van der Waals surface area contributed by atoms with E-state index in [0.29, 0.717) is 0 Å². The molecule has 28 nitrogen and oxygen atoms in total. The zero-order chi connectivity index (χ0) is 48.2. The standard InChI is InChI=1S/C37H63N3O25/c1-10-19(38-11(2)46)26(53)30(17(8-44)57-10)62-35-21(40-13(4)48)27(54)31(18(9-45)61-35)63-36-29(56)32(24(51)16(7-43)59-36)64-37-33(28(55)23(50)15(6-42)60-37)65-34-20(39-12(3)47)25(52)22(49)14(5-41)58-34/h10,14-37,41-45,49-56H,5-9H2,1-4H3,(H,38,46)(H,39,47)(H,40,48)/t10-,14?,15?,16?,17?,18?,19+,20?,21-,22+,23+,24+,25+,26?,27?,28?,29+,30+,31+,32?,33?,34-,35-,36-,37+/m0/s1. The van der Waals surface area contributed by atoms with Gasteiger partial charge in [-0.3, -0.25) is 14.4 Å². The van der Waals surface area contributed by atoms with E-state index in [0.717, 1.165) is 13.8 Å². The maximum atomic E-state index is 12.5. The van der Waals surface area contributed by atoms with Crippen LogP contribution in [-0.2, 0) is 57.0 Å². The normalized spacial score (nSPS) is 47.1. The zero-order valence-electron chi connectivity index (χ0n) is 35.7. The second-order valence-electron chi connectivity index (χ2n) is 16.5. The van der Waals surface area contributed by atoms with E-state index in [1.807, 2.05) is 0 Å². The Morgan fingerprint density at radius 1 is 0.385 bits per heavy atom. The van der Waals surface area contributed by atoms with Crippen molar-refractivity contribution in [3.05, 3.63) is 0 Å². The Labute approximate surface area is 370 Å². The van der Waals surface area contributed by atoms with Crippen LogP contribution in [0.1, 0.15) is 27.7 Å². The predicted molar refractivity (Wildman–Crippen MR) is 205 cm³/mol. The maximum absolute atomic E-state index is 12.5. The monoisotopic (exact) mass is 949 g/mol. The van der Waals surface area contributed by atoms with Gasteiger partial charge in [0.15, 0.2) is 25.2 Å². The van der Waals surface area contributed by atoms with Gasteiger partial charge in [0.2, 0.25) is 17.7 Å². The molecule has 0 radical (unpaired) electrons. The van der Waals surface area contributed by atoms with Gasteiger partial charge in [0.1, 0.15) is 116 Å². The molecule has 65 heavy (non-hydrogen) atoms. The molecule has 0 aliphatic carbocycles. The Balaban J connectivity index is 1.40. The molecule has 0 bridgehead atoms. The van der Waals surface area contributed by atoms with Gasteiger partial charge < -0.3 is 125 Å². The first-order valence-electron chi connectivity index (χ1n) is 20.9. The van der Waals surface area contributed by atoms with Crippen LogP contribution in [0.4, 0.5) is 0 Å². The SMILES string of the molecule is CC(=O)NC1[C@H](OC2C(O)[C@H](O)C(CO)O[C@@H]2OC2[C@H](O)C(CO)O[C@@H](O[C@@H]3C(CO)O[C@@H](O[C@@H]4C(CO)O[C@@H](C)[C@@H](NC(C)=O)C4O)[C@@H](NC(C)=O)C3O)[C@@H]2O)OC(CO)[C@@H](O)[C@@H]1O. The molecule has 28 heteroatoms. The maximum Gasteiger partial charge on any atom is 0.217 e. The topological polar surface area (TPSA) is 433 Å². The predicted octanol–water partition coefficient (Wildman–Crippen LogP) is -10.4. The fraction of sp³-hybridized carbons (Fsp3) is 0.919. The largest absolute Gasteiger partial charge is 0.394 e. The van der Waals surface area contributed by atoms with Gasteiger partial charge in [-0.15, -0.1) is 0 Å². The first kappa shape index (κ1) is 53.5. The minimum atomic E-state index is -2.17. The lowest BCUT2D eigenvalue weighted by molar-refractivity contribution is -0.391. The zero-order valence-corrected chi connectivity index (χ0v) is 35.7. The molecule has 5 aliphatic rings. The number of hydrogen-bond donors (Lipinski definition) is 16. The van der Waals surface area contributed by atoms with E-state index in [-0.39, 0.29) is 0 Å². The van der Waals surface area contributed by atoms with E-state index in [2.05, 4.69) is 16.0 Å². The minimum Gasteiger partial charge on any atom is -0.394 e. The van der Waals surface area contributed by atoms with Crippen LogP contribution in [-0.4, -0.2) is 270 Å². The number of hydrogen-bond acceptors (Lipinski definition) is 25. The number of aliphatic hydroxyl groups is 13. The van der Waals surface area contributed by atoms with Crippen LogP contribution >= 0.6 is 0 Å². The molecular weight excluding hydrogens is 886 g/mol. The average molecular weight is 950 g/mol. The fourth-order valence-electron chi connectivity index (χ4n) is 8.47. The summed E-state index contributed by atoms with van der Waals surface area (Å²) in [6.45, 7) is 0.416. The van der Waals surface area contributed by atoms with E-state index >= 15 is 0 Å². The average Bonchev–Trinajstić information content (AvgIpc) is 3.26. The van der Waals surface area contributed by atoms with E-state index in [4.69, 9.17) is 42.6 Å². The van der Waals surface area contributed by atoms with Gasteiger partial charge in [-0.1, -0.05) is 0 Å². The van der Waals surface area contributed by atoms with Crippen molar-refractivity contribution in [2.75, 3.05) is 33.0 Å². The van der Waals surface area contributed by atoms with Crippen molar-refractivity contribution >= 4 is 17.7 Å². The Kier molecular flexibility index (Phi) is 19.1. The number of rotatable bonds is 16. The van der Waals surface area contributed by atoms with Gasteiger partial charge in [0.25, 0.3) is 0 Å². The molecule has 0 aromatic heterocycles. The van der Waals surface area contributed by atoms with Gasteiger partial charge in [-0.25, -0.2) is 0 Å². The van der Waals surface area contributed by atoms with Crippen molar-refractivity contribution in [1.82, 2.24) is 16.0 Å². The molecule has 25 atom stereocenters. The molecule has 0 aromatic rings. The van der Waals surface area contributed by atoms with Crippen LogP contribution in [0.5, 0.6) is 0 Å². The van der Waals surface area contributed by atoms with Crippen LogP contribution in [0, 0.1) is 0 Å². The van der Waals surface area contributed by atoms with Crippen molar-refractivity contribution in [3.63, 3.8) is 0 Å². The molecule has 5 fully saturated rings. The molecule has 5 saturated heterocycles. The highest BCUT2D eigenvalue weighted by molar-refractivity contribution is 5.74. The lowest BCUT2D eigenvalue weighted by Gasteiger charge is -2.50. The molecule has 5 aliphatic heterocycles. The van der Waals surface area contributed by atoms with E-state index in [1.165, 1.54) is 13.8 Å². The molecule has 376 valence electrons. The summed E-state index contributed by atoms with van der Waals surface area (Å²) < 4.78 is 52.4. The lowest BCUT2D eigenvalue weighted by Crippen LogP contribution is -2.70. The van der Waals surface area contributed by atoms with Crippen molar-refractivity contribution in [3.8, 4) is 0 Å². The van der Waals surface area contributed by atoms with Gasteiger partial charge in [0, 0.05) is 20.8 Å². The third kappa shape index (κ3) is 11.9. The third-order valence-electron chi connectivity index (χ3n) is 11.8. The molecule has 3 amide bonds. The summed E-state index contributed by atoms with van der Waals surface area (Å²) in [5.41, 5.74) is 0. The van der Waals surface area contributed by atoms with Gasteiger partial charge in [-0.05, 0) is 6.92 Å². The number of ether oxygens (including phenoxy) is 9. The molecular formula is C37H63N3O25. The second kappa shape index (κ2) is 23.2. The second-order valence-corrected chi connectivity index (χ2v) is 16.5. The van der Waals surface area contributed by atoms with Gasteiger partial charge >= 0.3 is 0 Å². The number of amides is 3. The summed E-state index contributed by atoms with van der Waals surface area (Å²) in [6, 6.07) is -4.25. The third-order valence-corrected chi connectivity index (χ3v) is 11.8. The summed E-state index contributed by atoms with van der Waals surface area (Å²) in [6.07, 6.45) is -38.5. The quantitative estimate of drug-likeness (QED) is 0.0683. The summed E-state index contributed by atoms with van der Waals surface area (Å²) >= 11 is 0. The van der Waals surface area contributed by atoms with E-state index < -0.39 is 204 Å². The molecule has 16 N–H and O–H groups in total. The molecule has 11 unspecified atom stereocenters. The summed E-state index contributed by atoms with van der Waals surface area (Å²) in [7, 11) is 0. The van der Waals surface area contributed by atoms with Crippen molar-refractivity contribution in [2.45, 2.75) is 181 Å². The minimum absolute atomic E-state index is 0.530. The molecule has 0 saturated carbocycles.